The van der Waals surface area contributed by atoms with Crippen LogP contribution in [0.5, 0.6) is 0 Å². The summed E-state index contributed by atoms with van der Waals surface area (Å²) in [6.07, 6.45) is 5.58. The van der Waals surface area contributed by atoms with E-state index in [1.165, 1.54) is 20.6 Å². The molecule has 0 radical (unpaired) electrons. The van der Waals surface area contributed by atoms with Gasteiger partial charge in [0.25, 0.3) is 0 Å². The van der Waals surface area contributed by atoms with Crippen LogP contribution in [0.25, 0.3) is 0 Å². The molecule has 0 aromatic carbocycles. The number of hydrogen-bond donors (Lipinski definition) is 1. The number of rotatable bonds is 17. The van der Waals surface area contributed by atoms with Gasteiger partial charge in [-0.2, -0.15) is 0 Å². The molecule has 288 valence electrons. The van der Waals surface area contributed by atoms with Crippen LogP contribution in [-0.2, 0) is 67.0 Å². The van der Waals surface area contributed by atoms with E-state index in [2.05, 4.69) is 49.3 Å². The predicted molar refractivity (Wildman–Crippen MR) is 180 cm³/mol. The summed E-state index contributed by atoms with van der Waals surface area (Å²) in [5.41, 5.74) is 3.20. The first-order valence-electron chi connectivity index (χ1n) is 15.4. The number of carbonyl (C=O) groups excluding carboxylic acids is 4. The quantitative estimate of drug-likeness (QED) is 0.0744. The van der Waals surface area contributed by atoms with Crippen molar-refractivity contribution in [3.8, 4) is 0 Å². The summed E-state index contributed by atoms with van der Waals surface area (Å²) in [6, 6.07) is 0. The Labute approximate surface area is 293 Å². The third-order valence-electron chi connectivity index (χ3n) is 4.53. The lowest BCUT2D eigenvalue weighted by Crippen LogP contribution is -2.18. The van der Waals surface area contributed by atoms with Crippen molar-refractivity contribution in [2.24, 2.45) is 20.6 Å². The average molecular weight is 723 g/mol. The van der Waals surface area contributed by atoms with E-state index in [9.17, 15) is 24.0 Å². The van der Waals surface area contributed by atoms with Gasteiger partial charge in [-0.15, -0.1) is 0 Å². The van der Waals surface area contributed by atoms with E-state index >= 15 is 0 Å². The molecule has 1 N–H and O–H groups in total. The number of oxime groups is 4. The van der Waals surface area contributed by atoms with Crippen LogP contribution in [0.1, 0.15) is 87.5 Å². The summed E-state index contributed by atoms with van der Waals surface area (Å²) in [6.45, 7) is 12.8. The highest BCUT2D eigenvalue weighted by molar-refractivity contribution is 5.84. The normalized spacial score (nSPS) is 11.0. The average Bonchev–Trinajstić information content (AvgIpc) is 3.04. The molecular formula is C31H54N4O15. The molecular weight excluding hydrogens is 668 g/mol. The standard InChI is InChI=1S/C12H21NO4.C8H13NO5.C6H11NO3.C5H9NO3/c1-10(2)15-9-16-12(14)8-17-13-11-6-4-3-5-7-11;1-6(2)9-14-5-8(11)13-4-7(10)12-3;1-5(2)7-10-4-6(8)9-3;1-4(2)6-9-3-5(7)8/h10H,3-9H2,1-2H3;4-5H2,1-3H3;4H2,1-3H3;3H2,1-2H3,(H,7,8). The molecule has 1 fully saturated rings. The minimum Gasteiger partial charge on any atom is -0.479 e. The molecule has 0 heterocycles. The highest BCUT2D eigenvalue weighted by atomic mass is 16.7. The van der Waals surface area contributed by atoms with E-state index < -0.39 is 36.5 Å². The number of carboxylic acids is 1. The maximum atomic E-state index is 11.2. The summed E-state index contributed by atoms with van der Waals surface area (Å²) in [5, 5.41) is 22.4. The Morgan fingerprint density at radius 2 is 1.02 bits per heavy atom. The van der Waals surface area contributed by atoms with Gasteiger partial charge in [0.05, 0.1) is 43.2 Å². The molecule has 0 atom stereocenters. The molecule has 1 rings (SSSR count). The fraction of sp³-hybridized carbons (Fsp3) is 0.710. The van der Waals surface area contributed by atoms with E-state index in [4.69, 9.17) is 19.4 Å². The molecule has 0 unspecified atom stereocenters. The van der Waals surface area contributed by atoms with Crippen LogP contribution in [0.2, 0.25) is 0 Å². The number of nitrogens with zero attached hydrogens (tertiary/aromatic N) is 4. The molecule has 0 spiro atoms. The Balaban J connectivity index is -0.000000609. The first kappa shape index (κ1) is 49.6. The smallest absolute Gasteiger partial charge is 0.349 e. The fourth-order valence-electron chi connectivity index (χ4n) is 2.45. The van der Waals surface area contributed by atoms with Gasteiger partial charge in [-0.25, -0.2) is 24.0 Å². The van der Waals surface area contributed by atoms with Crippen molar-refractivity contribution in [3.63, 3.8) is 0 Å². The number of hydrogen-bond acceptors (Lipinski definition) is 18. The van der Waals surface area contributed by atoms with Crippen molar-refractivity contribution >= 4 is 52.7 Å². The van der Waals surface area contributed by atoms with E-state index in [0.717, 1.165) is 37.1 Å². The van der Waals surface area contributed by atoms with E-state index in [-0.39, 0.29) is 39.3 Å². The van der Waals surface area contributed by atoms with Gasteiger partial charge < -0.3 is 48.1 Å². The van der Waals surface area contributed by atoms with Crippen LogP contribution in [0.4, 0.5) is 0 Å². The minimum absolute atomic E-state index is 0.0313. The van der Waals surface area contributed by atoms with E-state index in [1.54, 1.807) is 41.5 Å². The Hall–Kier alpha value is -4.81. The zero-order chi connectivity index (χ0) is 38.7. The third-order valence-corrected chi connectivity index (χ3v) is 4.53. The van der Waals surface area contributed by atoms with Gasteiger partial charge in [-0.3, -0.25) is 0 Å². The first-order chi connectivity index (χ1) is 23.5. The van der Waals surface area contributed by atoms with Crippen molar-refractivity contribution in [2.75, 3.05) is 54.0 Å². The summed E-state index contributed by atoms with van der Waals surface area (Å²) in [4.78, 5) is 71.1. The minimum atomic E-state index is -1.01. The van der Waals surface area contributed by atoms with Gasteiger partial charge in [0, 0.05) is 0 Å². The van der Waals surface area contributed by atoms with Crippen molar-refractivity contribution < 1.29 is 72.1 Å². The number of methoxy groups -OCH3 is 2. The van der Waals surface area contributed by atoms with Crippen LogP contribution in [0.15, 0.2) is 20.6 Å². The molecule has 1 saturated carbocycles. The van der Waals surface area contributed by atoms with Gasteiger partial charge in [0.1, 0.15) is 0 Å². The third kappa shape index (κ3) is 43.2. The van der Waals surface area contributed by atoms with Crippen LogP contribution in [-0.4, -0.2) is 118 Å². The predicted octanol–water partition coefficient (Wildman–Crippen LogP) is 3.42. The zero-order valence-corrected chi connectivity index (χ0v) is 30.8. The number of esters is 4. The largest absolute Gasteiger partial charge is 0.479 e. The van der Waals surface area contributed by atoms with Gasteiger partial charge >= 0.3 is 29.8 Å². The maximum absolute atomic E-state index is 11.2. The Morgan fingerprint density at radius 1 is 0.600 bits per heavy atom. The van der Waals surface area contributed by atoms with Crippen molar-refractivity contribution in [1.82, 2.24) is 0 Å². The molecule has 0 aromatic heterocycles. The second-order valence-corrected chi connectivity index (χ2v) is 10.5. The van der Waals surface area contributed by atoms with Crippen molar-refractivity contribution in [2.45, 2.75) is 93.6 Å². The molecule has 19 nitrogen and oxygen atoms in total. The second-order valence-electron chi connectivity index (χ2n) is 10.5. The van der Waals surface area contributed by atoms with Gasteiger partial charge in [-0.05, 0) is 81.1 Å². The monoisotopic (exact) mass is 722 g/mol. The summed E-state index contributed by atoms with van der Waals surface area (Å²) in [7, 11) is 2.51. The highest BCUT2D eigenvalue weighted by Crippen LogP contribution is 2.14. The molecule has 0 aromatic rings. The zero-order valence-electron chi connectivity index (χ0n) is 30.8. The van der Waals surface area contributed by atoms with Crippen LogP contribution in [0, 0.1) is 0 Å². The lowest BCUT2D eigenvalue weighted by molar-refractivity contribution is -0.164. The van der Waals surface area contributed by atoms with Crippen molar-refractivity contribution in [3.05, 3.63) is 0 Å². The Morgan fingerprint density at radius 3 is 1.46 bits per heavy atom. The molecule has 0 bridgehead atoms. The Bertz CT molecular complexity index is 1090. The van der Waals surface area contributed by atoms with E-state index in [1.807, 2.05) is 13.8 Å². The topological polar surface area (TPSA) is 238 Å². The summed E-state index contributed by atoms with van der Waals surface area (Å²) in [5.74, 6) is -3.18. The summed E-state index contributed by atoms with van der Waals surface area (Å²) >= 11 is 0. The maximum Gasteiger partial charge on any atom is 0.349 e. The molecule has 0 amide bonds. The number of aliphatic carboxylic acids is 1. The van der Waals surface area contributed by atoms with Gasteiger partial charge in [-0.1, -0.05) is 27.0 Å². The van der Waals surface area contributed by atoms with E-state index in [0.29, 0.717) is 11.4 Å². The lowest BCUT2D eigenvalue weighted by Gasteiger charge is -2.11. The lowest BCUT2D eigenvalue weighted by atomic mass is 9.99. The van der Waals surface area contributed by atoms with Crippen LogP contribution in [0.3, 0.4) is 0 Å². The molecule has 19 heteroatoms. The number of ether oxygens (including phenoxy) is 5. The van der Waals surface area contributed by atoms with Gasteiger partial charge in [0.2, 0.25) is 26.4 Å². The molecule has 50 heavy (non-hydrogen) atoms. The number of carbonyl (C=O) groups is 5. The molecule has 0 saturated heterocycles. The molecule has 0 aliphatic heterocycles. The molecule has 1 aliphatic carbocycles. The summed E-state index contributed by atoms with van der Waals surface area (Å²) < 4.78 is 22.9. The first-order valence-corrected chi connectivity index (χ1v) is 15.4. The SMILES string of the molecule is CC(C)=NOCC(=O)O.CC(C)OCOC(=O)CON=C1CCCCC1.COC(=O)COC(=O)CON=C(C)C.COC(=O)CON=C(C)C. The fourth-order valence-corrected chi connectivity index (χ4v) is 2.45. The van der Waals surface area contributed by atoms with Crippen molar-refractivity contribution in [1.29, 1.82) is 0 Å². The number of carboxylic acid groups (broad SMARTS) is 1. The van der Waals surface area contributed by atoms with Crippen LogP contribution < -0.4 is 0 Å². The highest BCUT2D eigenvalue weighted by Gasteiger charge is 2.09. The van der Waals surface area contributed by atoms with Gasteiger partial charge in [0.15, 0.2) is 13.4 Å². The Kier molecular flexibility index (Phi) is 33.8. The van der Waals surface area contributed by atoms with Crippen LogP contribution >= 0.6 is 0 Å². The second kappa shape index (κ2) is 34.1. The molecule has 1 aliphatic rings.